The highest BCUT2D eigenvalue weighted by Gasteiger charge is 2.16. The van der Waals surface area contributed by atoms with Crippen molar-refractivity contribution in [3.63, 3.8) is 0 Å². The minimum Gasteiger partial charge on any atom is -0.453 e. The normalized spacial score (nSPS) is 10.4. The summed E-state index contributed by atoms with van der Waals surface area (Å²) < 4.78 is 19.6. The van der Waals surface area contributed by atoms with E-state index in [1.807, 2.05) is 32.9 Å². The molecular weight excluding hydrogens is 255 g/mol. The van der Waals surface area contributed by atoms with Crippen LogP contribution in [0.1, 0.15) is 34.0 Å². The molecule has 3 heteroatoms. The maximum atomic E-state index is 14.0. The molecule has 0 aliphatic carbocycles. The molecule has 20 heavy (non-hydrogen) atoms. The van der Waals surface area contributed by atoms with E-state index >= 15 is 0 Å². The van der Waals surface area contributed by atoms with Gasteiger partial charge in [0, 0.05) is 0 Å². The number of halogens is 1. The molecule has 0 fully saturated rings. The third-order valence-corrected chi connectivity index (χ3v) is 3.32. The molecular formula is C17H17FO2. The van der Waals surface area contributed by atoms with Gasteiger partial charge in [-0.2, -0.15) is 0 Å². The Kier molecular flexibility index (Phi) is 3.89. The van der Waals surface area contributed by atoms with Crippen LogP contribution >= 0.6 is 0 Å². The predicted molar refractivity (Wildman–Crippen MR) is 77.1 cm³/mol. The summed E-state index contributed by atoms with van der Waals surface area (Å²) in [5.41, 5.74) is 3.29. The fourth-order valence-corrected chi connectivity index (χ4v) is 2.11. The fraction of sp³-hybridized carbons (Fsp3) is 0.235. The van der Waals surface area contributed by atoms with Crippen LogP contribution in [0.2, 0.25) is 0 Å². The van der Waals surface area contributed by atoms with E-state index in [9.17, 15) is 9.18 Å². The molecule has 0 aromatic heterocycles. The maximum Gasteiger partial charge on any atom is 0.173 e. The molecule has 0 heterocycles. The number of rotatable bonds is 3. The van der Waals surface area contributed by atoms with Crippen LogP contribution in [0, 0.1) is 26.6 Å². The molecule has 0 aliphatic rings. The zero-order valence-electron chi connectivity index (χ0n) is 12.1. The van der Waals surface area contributed by atoms with Crippen LogP contribution in [-0.2, 0) is 0 Å². The number of hydrogen-bond acceptors (Lipinski definition) is 2. The number of hydrogen-bond donors (Lipinski definition) is 0. The molecule has 104 valence electrons. The van der Waals surface area contributed by atoms with Crippen LogP contribution in [0.15, 0.2) is 30.3 Å². The molecule has 2 rings (SSSR count). The van der Waals surface area contributed by atoms with Crippen molar-refractivity contribution in [2.24, 2.45) is 0 Å². The second kappa shape index (κ2) is 5.45. The highest BCUT2D eigenvalue weighted by molar-refractivity contribution is 5.97. The Morgan fingerprint density at radius 3 is 2.50 bits per heavy atom. The molecule has 2 nitrogen and oxygen atoms in total. The molecule has 2 aromatic carbocycles. The van der Waals surface area contributed by atoms with Gasteiger partial charge in [-0.15, -0.1) is 0 Å². The Bertz CT molecular complexity index is 675. The predicted octanol–water partition coefficient (Wildman–Crippen LogP) is 4.75. The lowest BCUT2D eigenvalue weighted by Crippen LogP contribution is -2.01. The van der Waals surface area contributed by atoms with Gasteiger partial charge in [0.05, 0.1) is 5.56 Å². The van der Waals surface area contributed by atoms with Crippen LogP contribution < -0.4 is 4.74 Å². The van der Waals surface area contributed by atoms with Crippen LogP contribution in [0.5, 0.6) is 11.5 Å². The van der Waals surface area contributed by atoms with Crippen molar-refractivity contribution in [1.82, 2.24) is 0 Å². The molecule has 0 saturated heterocycles. The number of para-hydroxylation sites is 1. The summed E-state index contributed by atoms with van der Waals surface area (Å²) in [5, 5.41) is 0. The monoisotopic (exact) mass is 272 g/mol. The number of carbonyl (C=O) groups is 1. The number of Topliss-reactive ketones (excluding diaryl/α,β-unsaturated/α-hetero) is 1. The van der Waals surface area contributed by atoms with Crippen molar-refractivity contribution in [3.05, 3.63) is 58.4 Å². The number of benzene rings is 2. The first-order chi connectivity index (χ1) is 9.40. The van der Waals surface area contributed by atoms with E-state index in [4.69, 9.17) is 4.74 Å². The first kappa shape index (κ1) is 14.3. The highest BCUT2D eigenvalue weighted by Crippen LogP contribution is 2.32. The minimum atomic E-state index is -0.531. The van der Waals surface area contributed by atoms with Crippen LogP contribution in [0.4, 0.5) is 4.39 Å². The summed E-state index contributed by atoms with van der Waals surface area (Å²) in [7, 11) is 0. The number of ketones is 1. The van der Waals surface area contributed by atoms with Gasteiger partial charge in [0.15, 0.2) is 17.3 Å². The molecule has 0 radical (unpaired) electrons. The average Bonchev–Trinajstić information content (AvgIpc) is 2.37. The Labute approximate surface area is 118 Å². The van der Waals surface area contributed by atoms with Gasteiger partial charge in [-0.1, -0.05) is 12.1 Å². The quantitative estimate of drug-likeness (QED) is 0.754. The molecule has 0 atom stereocenters. The van der Waals surface area contributed by atoms with Crippen LogP contribution in [-0.4, -0.2) is 5.78 Å². The van der Waals surface area contributed by atoms with E-state index in [2.05, 4.69) is 0 Å². The molecule has 0 aliphatic heterocycles. The summed E-state index contributed by atoms with van der Waals surface area (Å²) in [6.07, 6.45) is 0. The van der Waals surface area contributed by atoms with Gasteiger partial charge >= 0.3 is 0 Å². The van der Waals surface area contributed by atoms with Crippen molar-refractivity contribution in [3.8, 4) is 11.5 Å². The van der Waals surface area contributed by atoms with E-state index in [1.54, 1.807) is 6.07 Å². The second-order valence-electron chi connectivity index (χ2n) is 4.98. The van der Waals surface area contributed by atoms with Gasteiger partial charge in [-0.25, -0.2) is 4.39 Å². The van der Waals surface area contributed by atoms with Crippen molar-refractivity contribution in [1.29, 1.82) is 0 Å². The Morgan fingerprint density at radius 2 is 1.85 bits per heavy atom. The number of ether oxygens (including phenoxy) is 1. The molecule has 0 N–H and O–H groups in total. The smallest absolute Gasteiger partial charge is 0.173 e. The van der Waals surface area contributed by atoms with Gasteiger partial charge in [0.1, 0.15) is 5.75 Å². The summed E-state index contributed by atoms with van der Waals surface area (Å²) in [6.45, 7) is 7.24. The zero-order valence-corrected chi connectivity index (χ0v) is 12.1. The Morgan fingerprint density at radius 1 is 1.15 bits per heavy atom. The van der Waals surface area contributed by atoms with E-state index < -0.39 is 5.82 Å². The van der Waals surface area contributed by atoms with Crippen LogP contribution in [0.25, 0.3) is 0 Å². The lowest BCUT2D eigenvalue weighted by molar-refractivity contribution is 0.101. The zero-order chi connectivity index (χ0) is 14.9. The SMILES string of the molecule is CC(=O)c1cccc(F)c1Oc1cc(C)cc(C)c1C. The van der Waals surface area contributed by atoms with Gasteiger partial charge < -0.3 is 4.74 Å². The Balaban J connectivity index is 2.53. The number of carbonyl (C=O) groups excluding carboxylic acids is 1. The largest absolute Gasteiger partial charge is 0.453 e. The molecule has 0 unspecified atom stereocenters. The van der Waals surface area contributed by atoms with Gasteiger partial charge in [0.25, 0.3) is 0 Å². The van der Waals surface area contributed by atoms with Crippen molar-refractivity contribution < 1.29 is 13.9 Å². The molecule has 0 spiro atoms. The summed E-state index contributed by atoms with van der Waals surface area (Å²) >= 11 is 0. The van der Waals surface area contributed by atoms with Crippen molar-refractivity contribution >= 4 is 5.78 Å². The van der Waals surface area contributed by atoms with Gasteiger partial charge in [0.2, 0.25) is 0 Å². The summed E-state index contributed by atoms with van der Waals surface area (Å²) in [6, 6.07) is 8.25. The first-order valence-electron chi connectivity index (χ1n) is 6.45. The Hall–Kier alpha value is -2.16. The van der Waals surface area contributed by atoms with Crippen molar-refractivity contribution in [2.75, 3.05) is 0 Å². The topological polar surface area (TPSA) is 26.3 Å². The number of aryl methyl sites for hydroxylation is 2. The van der Waals surface area contributed by atoms with E-state index in [1.165, 1.54) is 19.1 Å². The molecule has 2 aromatic rings. The van der Waals surface area contributed by atoms with E-state index in [0.717, 1.165) is 16.7 Å². The summed E-state index contributed by atoms with van der Waals surface area (Å²) in [5.74, 6) is -0.180. The first-order valence-corrected chi connectivity index (χ1v) is 6.45. The van der Waals surface area contributed by atoms with E-state index in [0.29, 0.717) is 5.75 Å². The summed E-state index contributed by atoms with van der Waals surface area (Å²) in [4.78, 5) is 11.6. The highest BCUT2D eigenvalue weighted by atomic mass is 19.1. The third kappa shape index (κ3) is 2.72. The average molecular weight is 272 g/mol. The minimum absolute atomic E-state index is 0.00639. The lowest BCUT2D eigenvalue weighted by atomic mass is 10.1. The molecule has 0 saturated carbocycles. The van der Waals surface area contributed by atoms with Crippen LogP contribution in [0.3, 0.4) is 0 Å². The van der Waals surface area contributed by atoms with Gasteiger partial charge in [-0.05, 0) is 62.6 Å². The fourth-order valence-electron chi connectivity index (χ4n) is 2.11. The van der Waals surface area contributed by atoms with Gasteiger partial charge in [-0.3, -0.25) is 4.79 Å². The third-order valence-electron chi connectivity index (χ3n) is 3.32. The standard InChI is InChI=1S/C17H17FO2/c1-10-8-11(2)12(3)16(9-10)20-17-14(13(4)19)6-5-7-15(17)18/h5-9H,1-4H3. The maximum absolute atomic E-state index is 14.0. The van der Waals surface area contributed by atoms with E-state index in [-0.39, 0.29) is 17.1 Å². The lowest BCUT2D eigenvalue weighted by Gasteiger charge is -2.14. The van der Waals surface area contributed by atoms with Crippen molar-refractivity contribution in [2.45, 2.75) is 27.7 Å². The second-order valence-corrected chi connectivity index (χ2v) is 4.98. The molecule has 0 bridgehead atoms. The molecule has 0 amide bonds.